The van der Waals surface area contributed by atoms with Crippen LogP contribution in [0.5, 0.6) is 0 Å². The van der Waals surface area contributed by atoms with Crippen molar-refractivity contribution >= 4 is 11.6 Å². The maximum Gasteiger partial charge on any atom is 0.209 e. The average molecular weight is 259 g/mol. The van der Waals surface area contributed by atoms with Gasteiger partial charge in [0.25, 0.3) is 0 Å². The largest absolute Gasteiger partial charge is 0.298 e. The third-order valence-corrected chi connectivity index (χ3v) is 2.70. The van der Waals surface area contributed by atoms with Crippen LogP contribution in [-0.2, 0) is 0 Å². The number of hydrogen-bond donors (Lipinski definition) is 0. The lowest BCUT2D eigenvalue weighted by Gasteiger charge is -2.15. The fourth-order valence-corrected chi connectivity index (χ4v) is 1.92. The Bertz CT molecular complexity index is 701. The zero-order valence-corrected chi connectivity index (χ0v) is 9.35. The van der Waals surface area contributed by atoms with E-state index in [1.54, 1.807) is 11.0 Å². The molecular weight excluding hydrogens is 254 g/mol. The summed E-state index contributed by atoms with van der Waals surface area (Å²) in [5.74, 6) is 0.845. The van der Waals surface area contributed by atoms with E-state index in [0.717, 1.165) is 0 Å². The highest BCUT2D eigenvalue weighted by Crippen LogP contribution is 2.42. The molecule has 0 N–H and O–H groups in total. The summed E-state index contributed by atoms with van der Waals surface area (Å²) >= 11 is 0. The van der Waals surface area contributed by atoms with Gasteiger partial charge in [-0.05, 0) is 30.9 Å². The van der Waals surface area contributed by atoms with Gasteiger partial charge in [-0.3, -0.25) is 4.90 Å². The molecule has 4 rings (SSSR count). The van der Waals surface area contributed by atoms with E-state index in [9.17, 15) is 0 Å². The van der Waals surface area contributed by atoms with E-state index < -0.39 is 0 Å². The average Bonchev–Trinajstić information content (AvgIpc) is 3.13. The maximum absolute atomic E-state index is 4.75. The van der Waals surface area contributed by atoms with Gasteiger partial charge in [-0.2, -0.15) is 0 Å². The van der Waals surface area contributed by atoms with E-state index >= 15 is 0 Å². The minimum absolute atomic E-state index is 0.375. The van der Waals surface area contributed by atoms with Crippen LogP contribution in [0.4, 0.5) is 11.6 Å². The van der Waals surface area contributed by atoms with Gasteiger partial charge in [0.05, 0.1) is 0 Å². The molecule has 0 atom stereocenters. The molecule has 0 saturated carbocycles. The van der Waals surface area contributed by atoms with Crippen LogP contribution in [0, 0.1) is 0 Å². The second-order valence-electron chi connectivity index (χ2n) is 3.73. The van der Waals surface area contributed by atoms with Crippen LogP contribution in [-0.4, -0.2) is 37.5 Å². The lowest BCUT2D eigenvalue weighted by molar-refractivity contribution is 0.301. The van der Waals surface area contributed by atoms with Crippen LogP contribution in [0.2, 0.25) is 0 Å². The Morgan fingerprint density at radius 3 is 1.79 bits per heavy atom. The molecule has 0 aliphatic carbocycles. The van der Waals surface area contributed by atoms with E-state index in [2.05, 4.69) is 37.5 Å². The standard InChI is InChI=1S/C9H5N7O3/c1-2-3-16-8-6(12-18-14-8)4-5(11-17-10-4)7-9(16)15-19-13-7/h2H,1,3H2. The molecule has 4 heterocycles. The van der Waals surface area contributed by atoms with Crippen LogP contribution < -0.4 is 4.90 Å². The molecule has 94 valence electrons. The molecule has 0 fully saturated rings. The first-order valence-electron chi connectivity index (χ1n) is 5.27. The fourth-order valence-electron chi connectivity index (χ4n) is 1.92. The smallest absolute Gasteiger partial charge is 0.209 e. The van der Waals surface area contributed by atoms with E-state index in [4.69, 9.17) is 13.9 Å². The first kappa shape index (κ1) is 9.94. The van der Waals surface area contributed by atoms with Gasteiger partial charge >= 0.3 is 0 Å². The van der Waals surface area contributed by atoms with Crippen molar-refractivity contribution in [3.8, 4) is 22.8 Å². The summed E-state index contributed by atoms with van der Waals surface area (Å²) in [6.45, 7) is 4.11. The van der Waals surface area contributed by atoms with Crippen molar-refractivity contribution in [3.63, 3.8) is 0 Å². The van der Waals surface area contributed by atoms with Crippen molar-refractivity contribution in [1.82, 2.24) is 30.9 Å². The van der Waals surface area contributed by atoms with Gasteiger partial charge in [0.15, 0.2) is 22.8 Å². The molecule has 0 aromatic carbocycles. The molecule has 0 unspecified atom stereocenters. The summed E-state index contributed by atoms with van der Waals surface area (Å²) in [6.07, 6.45) is 1.68. The van der Waals surface area contributed by atoms with Crippen LogP contribution in [0.3, 0.4) is 0 Å². The Hall–Kier alpha value is -3.04. The predicted octanol–water partition coefficient (Wildman–Crippen LogP) is 0.807. The minimum atomic E-state index is 0.375. The van der Waals surface area contributed by atoms with Crippen LogP contribution >= 0.6 is 0 Å². The molecule has 0 bridgehead atoms. The fraction of sp³-hybridized carbons (Fsp3) is 0.111. The van der Waals surface area contributed by atoms with Gasteiger partial charge in [-0.15, -0.1) is 6.58 Å². The highest BCUT2D eigenvalue weighted by molar-refractivity contribution is 5.89. The van der Waals surface area contributed by atoms with E-state index in [1.807, 2.05) is 0 Å². The summed E-state index contributed by atoms with van der Waals surface area (Å²) in [6, 6.07) is 0. The Kier molecular flexibility index (Phi) is 1.82. The second kappa shape index (κ2) is 3.48. The summed E-state index contributed by atoms with van der Waals surface area (Å²) in [4.78, 5) is 1.69. The number of aromatic nitrogens is 6. The molecule has 1 aliphatic rings. The maximum atomic E-state index is 4.75. The second-order valence-corrected chi connectivity index (χ2v) is 3.73. The third kappa shape index (κ3) is 1.19. The van der Waals surface area contributed by atoms with Gasteiger partial charge in [-0.1, -0.05) is 6.08 Å². The highest BCUT2D eigenvalue weighted by Gasteiger charge is 2.36. The molecule has 1 aliphatic heterocycles. The van der Waals surface area contributed by atoms with E-state index in [1.165, 1.54) is 0 Å². The zero-order chi connectivity index (χ0) is 12.8. The van der Waals surface area contributed by atoms with Crippen molar-refractivity contribution in [1.29, 1.82) is 0 Å². The number of fused-ring (bicyclic) bond motifs is 5. The summed E-state index contributed by atoms with van der Waals surface area (Å²) < 4.78 is 14.2. The Balaban J connectivity index is 2.07. The van der Waals surface area contributed by atoms with Crippen molar-refractivity contribution in [3.05, 3.63) is 12.7 Å². The molecule has 0 spiro atoms. The Morgan fingerprint density at radius 2 is 1.26 bits per heavy atom. The topological polar surface area (TPSA) is 120 Å². The van der Waals surface area contributed by atoms with Gasteiger partial charge in [-0.25, -0.2) is 13.9 Å². The van der Waals surface area contributed by atoms with Gasteiger partial charge < -0.3 is 0 Å². The predicted molar refractivity (Wildman–Crippen MR) is 58.1 cm³/mol. The zero-order valence-electron chi connectivity index (χ0n) is 9.35. The monoisotopic (exact) mass is 259 g/mol. The summed E-state index contributed by atoms with van der Waals surface area (Å²) in [5, 5.41) is 22.9. The van der Waals surface area contributed by atoms with Gasteiger partial charge in [0, 0.05) is 6.54 Å². The van der Waals surface area contributed by atoms with Crippen LogP contribution in [0.1, 0.15) is 0 Å². The van der Waals surface area contributed by atoms with Crippen LogP contribution in [0.15, 0.2) is 26.5 Å². The van der Waals surface area contributed by atoms with E-state index in [0.29, 0.717) is 41.0 Å². The summed E-state index contributed by atoms with van der Waals surface area (Å²) in [5.41, 5.74) is 1.55. The molecule has 19 heavy (non-hydrogen) atoms. The van der Waals surface area contributed by atoms with Crippen molar-refractivity contribution < 1.29 is 13.9 Å². The molecular formula is C9H5N7O3. The molecule has 10 nitrogen and oxygen atoms in total. The molecule has 10 heteroatoms. The minimum Gasteiger partial charge on any atom is -0.298 e. The molecule has 0 amide bonds. The summed E-state index contributed by atoms with van der Waals surface area (Å²) in [7, 11) is 0. The number of rotatable bonds is 2. The molecule has 0 saturated heterocycles. The van der Waals surface area contributed by atoms with Crippen molar-refractivity contribution in [2.24, 2.45) is 0 Å². The van der Waals surface area contributed by atoms with Crippen molar-refractivity contribution in [2.45, 2.75) is 0 Å². The number of anilines is 2. The normalized spacial score (nSPS) is 12.5. The molecule has 3 aromatic heterocycles. The van der Waals surface area contributed by atoms with Gasteiger partial charge in [0.1, 0.15) is 0 Å². The number of nitrogens with zero attached hydrogens (tertiary/aromatic N) is 7. The third-order valence-electron chi connectivity index (χ3n) is 2.70. The molecule has 0 radical (unpaired) electrons. The molecule has 3 aromatic rings. The van der Waals surface area contributed by atoms with E-state index in [-0.39, 0.29) is 0 Å². The van der Waals surface area contributed by atoms with Gasteiger partial charge in [0.2, 0.25) is 11.6 Å². The number of hydrogen-bond acceptors (Lipinski definition) is 10. The lowest BCUT2D eigenvalue weighted by Crippen LogP contribution is -2.18. The first-order chi connectivity index (χ1) is 9.40. The first-order valence-corrected chi connectivity index (χ1v) is 5.27. The van der Waals surface area contributed by atoms with Crippen LogP contribution in [0.25, 0.3) is 22.8 Å². The Labute approximate surface area is 104 Å². The highest BCUT2D eigenvalue weighted by atomic mass is 16.6. The van der Waals surface area contributed by atoms with Crippen molar-refractivity contribution in [2.75, 3.05) is 11.4 Å². The Morgan fingerprint density at radius 1 is 0.789 bits per heavy atom. The SMILES string of the molecule is C=CCN1c2nonc2-c2nonc2-c2nonc21. The quantitative estimate of drug-likeness (QED) is 0.611. The lowest BCUT2D eigenvalue weighted by atomic mass is 10.2.